The number of ether oxygens (including phenoxy) is 1. The summed E-state index contributed by atoms with van der Waals surface area (Å²) >= 11 is 0. The van der Waals surface area contributed by atoms with Crippen LogP contribution in [0.5, 0.6) is 5.75 Å². The van der Waals surface area contributed by atoms with Gasteiger partial charge in [0.15, 0.2) is 0 Å². The van der Waals surface area contributed by atoms with E-state index in [1.165, 1.54) is 50.5 Å². The number of unbranched alkanes of at least 4 members (excludes halogenated alkanes) is 6. The van der Waals surface area contributed by atoms with Crippen LogP contribution in [0.3, 0.4) is 0 Å². The van der Waals surface area contributed by atoms with Crippen LogP contribution in [0.2, 0.25) is 0 Å². The molecule has 1 aromatic rings. The monoisotopic (exact) mass is 404 g/mol. The van der Waals surface area contributed by atoms with Gasteiger partial charge in [0.2, 0.25) is 0 Å². The van der Waals surface area contributed by atoms with Gasteiger partial charge in [0.05, 0.1) is 6.61 Å². The summed E-state index contributed by atoms with van der Waals surface area (Å²) in [6.07, 6.45) is 10.6. The highest BCUT2D eigenvalue weighted by Crippen LogP contribution is 2.39. The van der Waals surface area contributed by atoms with E-state index < -0.39 is 0 Å². The molecule has 0 saturated heterocycles. The SMILES string of the molecule is CC(C)CCCCCCCCCOCc1cc(C(C)(C)C)c(O)c(C(C)(C)C)c1. The highest BCUT2D eigenvalue weighted by atomic mass is 16.5. The van der Waals surface area contributed by atoms with E-state index in [2.05, 4.69) is 67.5 Å². The number of hydrogen-bond acceptors (Lipinski definition) is 2. The summed E-state index contributed by atoms with van der Waals surface area (Å²) in [6.45, 7) is 19.0. The Morgan fingerprint density at radius 2 is 1.21 bits per heavy atom. The average molecular weight is 405 g/mol. The van der Waals surface area contributed by atoms with Crippen molar-refractivity contribution in [2.75, 3.05) is 6.61 Å². The van der Waals surface area contributed by atoms with Gasteiger partial charge in [0.25, 0.3) is 0 Å². The van der Waals surface area contributed by atoms with Crippen LogP contribution in [0, 0.1) is 5.92 Å². The van der Waals surface area contributed by atoms with Crippen molar-refractivity contribution in [3.63, 3.8) is 0 Å². The maximum absolute atomic E-state index is 10.8. The van der Waals surface area contributed by atoms with E-state index in [9.17, 15) is 5.11 Å². The Bertz CT molecular complexity index is 553. The molecule has 1 N–H and O–H groups in total. The molecule has 0 bridgehead atoms. The number of phenolic OH excluding ortho intramolecular Hbond substituents is 1. The van der Waals surface area contributed by atoms with Gasteiger partial charge in [-0.15, -0.1) is 0 Å². The molecule has 0 amide bonds. The third kappa shape index (κ3) is 10.0. The third-order valence-corrected chi connectivity index (χ3v) is 5.62. The van der Waals surface area contributed by atoms with Crippen molar-refractivity contribution in [1.29, 1.82) is 0 Å². The van der Waals surface area contributed by atoms with Crippen LogP contribution < -0.4 is 0 Å². The van der Waals surface area contributed by atoms with E-state index in [1.54, 1.807) is 0 Å². The van der Waals surface area contributed by atoms with Crippen molar-refractivity contribution in [2.24, 2.45) is 5.92 Å². The van der Waals surface area contributed by atoms with Crippen LogP contribution in [0.15, 0.2) is 12.1 Å². The van der Waals surface area contributed by atoms with Crippen molar-refractivity contribution >= 4 is 0 Å². The lowest BCUT2D eigenvalue weighted by atomic mass is 9.78. The first kappa shape index (κ1) is 26.0. The predicted molar refractivity (Wildman–Crippen MR) is 127 cm³/mol. The molecular formula is C27H48O2. The molecule has 1 aromatic carbocycles. The molecule has 2 nitrogen and oxygen atoms in total. The van der Waals surface area contributed by atoms with E-state index in [0.717, 1.165) is 30.1 Å². The fraction of sp³-hybridized carbons (Fsp3) is 0.778. The van der Waals surface area contributed by atoms with Gasteiger partial charge < -0.3 is 9.84 Å². The summed E-state index contributed by atoms with van der Waals surface area (Å²) in [5, 5.41) is 10.8. The number of rotatable bonds is 12. The Morgan fingerprint density at radius 1 is 0.759 bits per heavy atom. The fourth-order valence-electron chi connectivity index (χ4n) is 3.75. The van der Waals surface area contributed by atoms with Crippen LogP contribution in [0.25, 0.3) is 0 Å². The molecule has 0 atom stereocenters. The second kappa shape index (κ2) is 12.0. The molecule has 2 heteroatoms. The standard InChI is InChI=1S/C27H48O2/c1-21(2)16-14-12-10-9-11-13-15-17-29-20-22-18-23(26(3,4)5)25(28)24(19-22)27(6,7)8/h18-19,21,28H,9-17,20H2,1-8H3. The summed E-state index contributed by atoms with van der Waals surface area (Å²) < 4.78 is 5.98. The van der Waals surface area contributed by atoms with Crippen molar-refractivity contribution in [2.45, 2.75) is 124 Å². The van der Waals surface area contributed by atoms with Crippen LogP contribution in [0.4, 0.5) is 0 Å². The topological polar surface area (TPSA) is 29.5 Å². The van der Waals surface area contributed by atoms with Crippen LogP contribution >= 0.6 is 0 Å². The zero-order valence-corrected chi connectivity index (χ0v) is 20.7. The number of benzene rings is 1. The number of aromatic hydroxyl groups is 1. The second-order valence-electron chi connectivity index (χ2n) is 11.2. The van der Waals surface area contributed by atoms with Crippen molar-refractivity contribution in [3.8, 4) is 5.75 Å². The molecule has 0 heterocycles. The predicted octanol–water partition coefficient (Wildman–Crippen LogP) is 8.28. The first-order valence-electron chi connectivity index (χ1n) is 11.9. The molecule has 1 rings (SSSR count). The van der Waals surface area contributed by atoms with Crippen LogP contribution in [-0.2, 0) is 22.2 Å². The Balaban J connectivity index is 2.41. The Kier molecular flexibility index (Phi) is 10.8. The van der Waals surface area contributed by atoms with Gasteiger partial charge in [-0.25, -0.2) is 0 Å². The highest BCUT2D eigenvalue weighted by molar-refractivity contribution is 5.49. The minimum Gasteiger partial charge on any atom is -0.507 e. The van der Waals surface area contributed by atoms with Gasteiger partial charge >= 0.3 is 0 Å². The highest BCUT2D eigenvalue weighted by Gasteiger charge is 2.26. The summed E-state index contributed by atoms with van der Waals surface area (Å²) in [5.41, 5.74) is 3.02. The van der Waals surface area contributed by atoms with Crippen molar-refractivity contribution in [1.82, 2.24) is 0 Å². The molecule has 0 saturated carbocycles. The molecule has 0 aromatic heterocycles. The number of hydrogen-bond donors (Lipinski definition) is 1. The molecule has 0 fully saturated rings. The van der Waals surface area contributed by atoms with Gasteiger partial charge in [0.1, 0.15) is 5.75 Å². The molecule has 0 spiro atoms. The van der Waals surface area contributed by atoms with Gasteiger partial charge in [0, 0.05) is 6.61 Å². The summed E-state index contributed by atoms with van der Waals surface area (Å²) in [6, 6.07) is 4.25. The first-order valence-corrected chi connectivity index (χ1v) is 11.9. The Morgan fingerprint density at radius 3 is 1.66 bits per heavy atom. The molecule has 0 unspecified atom stereocenters. The lowest BCUT2D eigenvalue weighted by Crippen LogP contribution is -2.18. The largest absolute Gasteiger partial charge is 0.507 e. The van der Waals surface area contributed by atoms with E-state index in [0.29, 0.717) is 12.4 Å². The summed E-state index contributed by atoms with van der Waals surface area (Å²) in [5.74, 6) is 1.29. The second-order valence-corrected chi connectivity index (χ2v) is 11.2. The van der Waals surface area contributed by atoms with E-state index in [4.69, 9.17) is 4.74 Å². The minimum absolute atomic E-state index is 0.0880. The van der Waals surface area contributed by atoms with E-state index in [-0.39, 0.29) is 10.8 Å². The molecule has 0 aliphatic rings. The molecule has 0 aliphatic carbocycles. The molecule has 0 aliphatic heterocycles. The van der Waals surface area contributed by atoms with Crippen molar-refractivity contribution < 1.29 is 9.84 Å². The molecule has 29 heavy (non-hydrogen) atoms. The Hall–Kier alpha value is -1.02. The smallest absolute Gasteiger partial charge is 0.123 e. The average Bonchev–Trinajstić information content (AvgIpc) is 2.58. The van der Waals surface area contributed by atoms with E-state index in [1.807, 2.05) is 0 Å². The molecular weight excluding hydrogens is 356 g/mol. The normalized spacial score (nSPS) is 12.7. The summed E-state index contributed by atoms with van der Waals surface area (Å²) in [4.78, 5) is 0. The Labute approximate surface area is 181 Å². The maximum atomic E-state index is 10.8. The quantitative estimate of drug-likeness (QED) is 0.355. The first-order chi connectivity index (χ1) is 13.4. The van der Waals surface area contributed by atoms with Crippen LogP contribution in [0.1, 0.15) is 123 Å². The zero-order valence-electron chi connectivity index (χ0n) is 20.7. The van der Waals surface area contributed by atoms with Crippen LogP contribution in [-0.4, -0.2) is 11.7 Å². The third-order valence-electron chi connectivity index (χ3n) is 5.62. The maximum Gasteiger partial charge on any atom is 0.123 e. The minimum atomic E-state index is -0.0880. The van der Waals surface area contributed by atoms with Gasteiger partial charge in [-0.1, -0.05) is 100 Å². The van der Waals surface area contributed by atoms with Crippen molar-refractivity contribution in [3.05, 3.63) is 28.8 Å². The molecule has 168 valence electrons. The fourth-order valence-corrected chi connectivity index (χ4v) is 3.75. The molecule has 0 radical (unpaired) electrons. The zero-order chi connectivity index (χ0) is 22.1. The van der Waals surface area contributed by atoms with Gasteiger partial charge in [-0.2, -0.15) is 0 Å². The summed E-state index contributed by atoms with van der Waals surface area (Å²) in [7, 11) is 0. The van der Waals surface area contributed by atoms with Gasteiger partial charge in [-0.3, -0.25) is 0 Å². The lowest BCUT2D eigenvalue weighted by Gasteiger charge is -2.28. The lowest BCUT2D eigenvalue weighted by molar-refractivity contribution is 0.116. The number of phenols is 1. The van der Waals surface area contributed by atoms with Gasteiger partial charge in [-0.05, 0) is 52.0 Å². The van der Waals surface area contributed by atoms with E-state index >= 15 is 0 Å².